The van der Waals surface area contributed by atoms with Crippen molar-refractivity contribution in [1.82, 2.24) is 4.90 Å². The van der Waals surface area contributed by atoms with Gasteiger partial charge in [0.05, 0.1) is 25.9 Å². The van der Waals surface area contributed by atoms with Gasteiger partial charge in [-0.2, -0.15) is 0 Å². The van der Waals surface area contributed by atoms with Gasteiger partial charge in [0.2, 0.25) is 0 Å². The van der Waals surface area contributed by atoms with Crippen LogP contribution in [0.25, 0.3) is 0 Å². The van der Waals surface area contributed by atoms with E-state index in [0.717, 1.165) is 5.92 Å². The van der Waals surface area contributed by atoms with Crippen molar-refractivity contribution < 1.29 is 14.6 Å². The van der Waals surface area contributed by atoms with Crippen molar-refractivity contribution in [2.75, 3.05) is 40.5 Å². The molecule has 0 aromatic heterocycles. The van der Waals surface area contributed by atoms with Crippen LogP contribution in [0, 0.1) is 5.92 Å². The minimum Gasteiger partial charge on any atom is -0.389 e. The minimum atomic E-state index is -0.400. The van der Waals surface area contributed by atoms with Gasteiger partial charge in [-0.05, 0) is 32.7 Å². The van der Waals surface area contributed by atoms with E-state index in [0.29, 0.717) is 32.4 Å². The molecule has 2 unspecified atom stereocenters. The highest BCUT2D eigenvalue weighted by molar-refractivity contribution is 4.84. The number of methoxy groups -OCH3 is 1. The van der Waals surface area contributed by atoms with Gasteiger partial charge in [-0.1, -0.05) is 0 Å². The van der Waals surface area contributed by atoms with Gasteiger partial charge in [-0.25, -0.2) is 0 Å². The van der Waals surface area contributed by atoms with Crippen LogP contribution in [0.4, 0.5) is 0 Å². The van der Waals surface area contributed by atoms with Crippen molar-refractivity contribution >= 4 is 0 Å². The zero-order valence-electron chi connectivity index (χ0n) is 10.7. The smallest absolute Gasteiger partial charge is 0.0900 e. The molecule has 0 saturated heterocycles. The normalized spacial score (nSPS) is 20.1. The van der Waals surface area contributed by atoms with Crippen LogP contribution in [-0.4, -0.2) is 62.7 Å². The lowest BCUT2D eigenvalue weighted by Crippen LogP contribution is -2.38. The van der Waals surface area contributed by atoms with E-state index < -0.39 is 6.10 Å². The molecule has 1 rings (SSSR count). The standard InChI is InChI=1S/C12H25NO3/c1-10(11-4-5-11)13(2)8-12(14)9-16-7-6-15-3/h10-12,14H,4-9H2,1-3H3. The maximum Gasteiger partial charge on any atom is 0.0900 e. The number of hydrogen-bond acceptors (Lipinski definition) is 4. The Morgan fingerprint density at radius 1 is 1.38 bits per heavy atom. The molecular formula is C12H25NO3. The molecule has 0 heterocycles. The topological polar surface area (TPSA) is 41.9 Å². The van der Waals surface area contributed by atoms with Crippen LogP contribution >= 0.6 is 0 Å². The number of rotatable bonds is 9. The molecule has 16 heavy (non-hydrogen) atoms. The van der Waals surface area contributed by atoms with Gasteiger partial charge in [-0.3, -0.25) is 0 Å². The van der Waals surface area contributed by atoms with E-state index >= 15 is 0 Å². The minimum absolute atomic E-state index is 0.394. The van der Waals surface area contributed by atoms with Gasteiger partial charge < -0.3 is 19.5 Å². The summed E-state index contributed by atoms with van der Waals surface area (Å²) in [6.45, 7) is 4.45. The molecule has 4 heteroatoms. The Hall–Kier alpha value is -0.160. The molecule has 0 aliphatic heterocycles. The van der Waals surface area contributed by atoms with Crippen molar-refractivity contribution in [3.05, 3.63) is 0 Å². The van der Waals surface area contributed by atoms with Gasteiger partial charge in [0.15, 0.2) is 0 Å². The van der Waals surface area contributed by atoms with Crippen molar-refractivity contribution in [2.24, 2.45) is 5.92 Å². The van der Waals surface area contributed by atoms with E-state index in [1.807, 2.05) is 0 Å². The van der Waals surface area contributed by atoms with Gasteiger partial charge in [0.25, 0.3) is 0 Å². The fraction of sp³-hybridized carbons (Fsp3) is 1.00. The fourth-order valence-electron chi connectivity index (χ4n) is 1.85. The first kappa shape index (κ1) is 13.9. The number of hydrogen-bond donors (Lipinski definition) is 1. The predicted molar refractivity (Wildman–Crippen MR) is 63.5 cm³/mol. The van der Waals surface area contributed by atoms with E-state index in [1.54, 1.807) is 7.11 Å². The van der Waals surface area contributed by atoms with Crippen LogP contribution in [-0.2, 0) is 9.47 Å². The van der Waals surface area contributed by atoms with E-state index in [-0.39, 0.29) is 0 Å². The quantitative estimate of drug-likeness (QED) is 0.594. The molecule has 1 fully saturated rings. The monoisotopic (exact) mass is 231 g/mol. The average Bonchev–Trinajstić information content (AvgIpc) is 3.07. The maximum atomic E-state index is 9.76. The molecule has 4 nitrogen and oxygen atoms in total. The molecule has 0 aromatic rings. The average molecular weight is 231 g/mol. The second-order valence-corrected chi connectivity index (χ2v) is 4.74. The first-order valence-electron chi connectivity index (χ1n) is 6.10. The summed E-state index contributed by atoms with van der Waals surface area (Å²) in [4.78, 5) is 2.22. The molecule has 0 amide bonds. The Labute approximate surface area is 98.5 Å². The van der Waals surface area contributed by atoms with Crippen LogP contribution in [0.3, 0.4) is 0 Å². The highest BCUT2D eigenvalue weighted by Crippen LogP contribution is 2.34. The fourth-order valence-corrected chi connectivity index (χ4v) is 1.85. The zero-order chi connectivity index (χ0) is 12.0. The molecule has 96 valence electrons. The number of likely N-dealkylation sites (N-methyl/N-ethyl adjacent to an activating group) is 1. The molecular weight excluding hydrogens is 206 g/mol. The number of aliphatic hydroxyl groups excluding tert-OH is 1. The van der Waals surface area contributed by atoms with Crippen molar-refractivity contribution in [1.29, 1.82) is 0 Å². The van der Waals surface area contributed by atoms with E-state index in [9.17, 15) is 5.11 Å². The molecule has 1 N–H and O–H groups in total. The summed E-state index contributed by atoms with van der Waals surface area (Å²) in [6.07, 6.45) is 2.28. The van der Waals surface area contributed by atoms with Gasteiger partial charge in [0, 0.05) is 19.7 Å². The number of nitrogens with zero attached hydrogens (tertiary/aromatic N) is 1. The summed E-state index contributed by atoms with van der Waals surface area (Å²) in [6, 6.07) is 0.577. The summed E-state index contributed by atoms with van der Waals surface area (Å²) in [7, 11) is 3.71. The SMILES string of the molecule is COCCOCC(O)CN(C)C(C)C1CC1. The molecule has 1 aliphatic rings. The van der Waals surface area contributed by atoms with Crippen molar-refractivity contribution in [2.45, 2.75) is 31.9 Å². The lowest BCUT2D eigenvalue weighted by molar-refractivity contribution is -0.00248. The van der Waals surface area contributed by atoms with E-state index in [2.05, 4.69) is 18.9 Å². The third-order valence-electron chi connectivity index (χ3n) is 3.24. The molecule has 0 bridgehead atoms. The Kier molecular flexibility index (Phi) is 6.28. The highest BCUT2D eigenvalue weighted by atomic mass is 16.5. The first-order chi connectivity index (χ1) is 7.65. The summed E-state index contributed by atoms with van der Waals surface area (Å²) in [5.74, 6) is 0.839. The molecule has 1 aliphatic carbocycles. The van der Waals surface area contributed by atoms with Crippen molar-refractivity contribution in [3.63, 3.8) is 0 Å². The second-order valence-electron chi connectivity index (χ2n) is 4.74. The number of ether oxygens (including phenoxy) is 2. The van der Waals surface area contributed by atoms with Crippen molar-refractivity contribution in [3.8, 4) is 0 Å². The Balaban J connectivity index is 2.05. The first-order valence-corrected chi connectivity index (χ1v) is 6.10. The van der Waals surface area contributed by atoms with E-state index in [1.165, 1.54) is 12.8 Å². The second kappa shape index (κ2) is 7.22. The molecule has 2 atom stereocenters. The van der Waals surface area contributed by atoms with Crippen LogP contribution in [0.1, 0.15) is 19.8 Å². The largest absolute Gasteiger partial charge is 0.389 e. The molecule has 1 saturated carbocycles. The Morgan fingerprint density at radius 3 is 2.62 bits per heavy atom. The van der Waals surface area contributed by atoms with Crippen LogP contribution in [0.5, 0.6) is 0 Å². The molecule has 0 spiro atoms. The molecule has 0 radical (unpaired) electrons. The summed E-state index contributed by atoms with van der Waals surface area (Å²) in [5, 5.41) is 9.76. The zero-order valence-corrected chi connectivity index (χ0v) is 10.7. The van der Waals surface area contributed by atoms with Gasteiger partial charge >= 0.3 is 0 Å². The molecule has 0 aromatic carbocycles. The summed E-state index contributed by atoms with van der Waals surface area (Å²) < 4.78 is 10.2. The summed E-state index contributed by atoms with van der Waals surface area (Å²) >= 11 is 0. The Morgan fingerprint density at radius 2 is 2.06 bits per heavy atom. The third kappa shape index (κ3) is 5.25. The van der Waals surface area contributed by atoms with E-state index in [4.69, 9.17) is 9.47 Å². The summed E-state index contributed by atoms with van der Waals surface area (Å²) in [5.41, 5.74) is 0. The van der Waals surface area contributed by atoms with Gasteiger partial charge in [-0.15, -0.1) is 0 Å². The lowest BCUT2D eigenvalue weighted by atomic mass is 10.2. The van der Waals surface area contributed by atoms with Crippen LogP contribution in [0.2, 0.25) is 0 Å². The highest BCUT2D eigenvalue weighted by Gasteiger charge is 2.30. The van der Waals surface area contributed by atoms with Crippen LogP contribution in [0.15, 0.2) is 0 Å². The Bertz CT molecular complexity index is 185. The maximum absolute atomic E-state index is 9.76. The third-order valence-corrected chi connectivity index (χ3v) is 3.24. The number of aliphatic hydroxyl groups is 1. The lowest BCUT2D eigenvalue weighted by Gasteiger charge is -2.26. The van der Waals surface area contributed by atoms with Gasteiger partial charge in [0.1, 0.15) is 0 Å². The predicted octanol–water partition coefficient (Wildman–Crippen LogP) is 0.741. The van der Waals surface area contributed by atoms with Crippen LogP contribution < -0.4 is 0 Å².